The quantitative estimate of drug-likeness (QED) is 0.788. The number of amides is 1. The molecule has 0 bridgehead atoms. The van der Waals surface area contributed by atoms with Crippen LogP contribution in [0.25, 0.3) is 0 Å². The van der Waals surface area contributed by atoms with Gasteiger partial charge in [-0.05, 0) is 6.07 Å². The number of nitrogens with one attached hydrogen (secondary N) is 1. The second-order valence-corrected chi connectivity index (χ2v) is 3.80. The molecule has 1 saturated heterocycles. The van der Waals surface area contributed by atoms with Gasteiger partial charge in [0.25, 0.3) is 5.91 Å². The van der Waals surface area contributed by atoms with Gasteiger partial charge in [-0.1, -0.05) is 0 Å². The summed E-state index contributed by atoms with van der Waals surface area (Å²) < 4.78 is 5.12. The van der Waals surface area contributed by atoms with Gasteiger partial charge in [-0.15, -0.1) is 0 Å². The van der Waals surface area contributed by atoms with Crippen LogP contribution in [0.4, 0.5) is 0 Å². The number of ether oxygens (including phenoxy) is 1. The number of hydrogen-bond acceptors (Lipinski definition) is 4. The average Bonchev–Trinajstić information content (AvgIpc) is 2.25. The Labute approximate surface area is 94.4 Å². The summed E-state index contributed by atoms with van der Waals surface area (Å²) in [5, 5.41) is 3.14. The maximum atomic E-state index is 12.1. The van der Waals surface area contributed by atoms with Crippen LogP contribution in [0.3, 0.4) is 0 Å². The van der Waals surface area contributed by atoms with Crippen LogP contribution in [0.1, 0.15) is 10.4 Å². The van der Waals surface area contributed by atoms with Crippen LogP contribution in [-0.2, 0) is 0 Å². The summed E-state index contributed by atoms with van der Waals surface area (Å²) >= 11 is 0. The number of aromatic nitrogens is 1. The van der Waals surface area contributed by atoms with Gasteiger partial charge in [-0.3, -0.25) is 9.78 Å². The van der Waals surface area contributed by atoms with Crippen molar-refractivity contribution in [2.45, 2.75) is 6.04 Å². The minimum Gasteiger partial charge on any atom is -0.494 e. The lowest BCUT2D eigenvalue weighted by atomic mass is 10.1. The Kier molecular flexibility index (Phi) is 3.05. The minimum absolute atomic E-state index is 0.0225. The standard InChI is InChI=1S/C11H15N3O2/c1-14(8-5-13-6-8)11(15)9-3-4-12-7-10(9)16-2/h3-4,7-8,13H,5-6H2,1-2H3. The van der Waals surface area contributed by atoms with Gasteiger partial charge in [0.05, 0.1) is 24.9 Å². The fourth-order valence-electron chi connectivity index (χ4n) is 1.62. The Hall–Kier alpha value is -1.62. The summed E-state index contributed by atoms with van der Waals surface area (Å²) in [4.78, 5) is 17.8. The third-order valence-corrected chi connectivity index (χ3v) is 2.86. The highest BCUT2D eigenvalue weighted by molar-refractivity contribution is 5.96. The SMILES string of the molecule is COc1cnccc1C(=O)N(C)C1CNC1. The van der Waals surface area contributed by atoms with Crippen molar-refractivity contribution in [1.29, 1.82) is 0 Å². The van der Waals surface area contributed by atoms with Crippen LogP contribution in [0.5, 0.6) is 5.75 Å². The molecule has 0 spiro atoms. The summed E-state index contributed by atoms with van der Waals surface area (Å²) in [5.41, 5.74) is 0.562. The predicted molar refractivity (Wildman–Crippen MR) is 59.5 cm³/mol. The Bertz CT molecular complexity index is 391. The molecule has 1 aliphatic heterocycles. The van der Waals surface area contributed by atoms with Crippen molar-refractivity contribution >= 4 is 5.91 Å². The molecule has 2 rings (SSSR count). The Morgan fingerprint density at radius 2 is 2.38 bits per heavy atom. The predicted octanol–water partition coefficient (Wildman–Crippen LogP) is 0.134. The van der Waals surface area contributed by atoms with Gasteiger partial charge in [0.1, 0.15) is 5.75 Å². The van der Waals surface area contributed by atoms with Gasteiger partial charge in [0.15, 0.2) is 0 Å². The van der Waals surface area contributed by atoms with Gasteiger partial charge in [-0.25, -0.2) is 0 Å². The highest BCUT2D eigenvalue weighted by atomic mass is 16.5. The molecule has 0 atom stereocenters. The zero-order valence-electron chi connectivity index (χ0n) is 9.43. The van der Waals surface area contributed by atoms with Gasteiger partial charge < -0.3 is 15.0 Å². The first-order chi connectivity index (χ1) is 7.74. The first-order valence-corrected chi connectivity index (χ1v) is 5.20. The highest BCUT2D eigenvalue weighted by Crippen LogP contribution is 2.18. The number of nitrogens with zero attached hydrogens (tertiary/aromatic N) is 2. The fourth-order valence-corrected chi connectivity index (χ4v) is 1.62. The third-order valence-electron chi connectivity index (χ3n) is 2.86. The van der Waals surface area contributed by atoms with E-state index in [0.29, 0.717) is 11.3 Å². The first-order valence-electron chi connectivity index (χ1n) is 5.20. The van der Waals surface area contributed by atoms with E-state index in [1.165, 1.54) is 0 Å². The van der Waals surface area contributed by atoms with Crippen molar-refractivity contribution < 1.29 is 9.53 Å². The second-order valence-electron chi connectivity index (χ2n) is 3.80. The number of methoxy groups -OCH3 is 1. The normalized spacial score (nSPS) is 15.4. The van der Waals surface area contributed by atoms with E-state index in [9.17, 15) is 4.79 Å². The molecule has 1 aromatic heterocycles. The molecule has 1 N–H and O–H groups in total. The minimum atomic E-state index is -0.0225. The van der Waals surface area contributed by atoms with Gasteiger partial charge in [0, 0.05) is 26.3 Å². The van der Waals surface area contributed by atoms with Gasteiger partial charge in [0.2, 0.25) is 0 Å². The number of rotatable bonds is 3. The molecule has 0 aliphatic carbocycles. The van der Waals surface area contributed by atoms with Crippen molar-refractivity contribution in [3.05, 3.63) is 24.0 Å². The molecule has 2 heterocycles. The summed E-state index contributed by atoms with van der Waals surface area (Å²) in [7, 11) is 3.35. The molecule has 0 radical (unpaired) electrons. The summed E-state index contributed by atoms with van der Waals surface area (Å²) in [6, 6.07) is 1.97. The smallest absolute Gasteiger partial charge is 0.257 e. The monoisotopic (exact) mass is 221 g/mol. The van der Waals surface area contributed by atoms with Crippen LogP contribution in [-0.4, -0.2) is 49.1 Å². The van der Waals surface area contributed by atoms with E-state index in [1.807, 2.05) is 7.05 Å². The molecule has 1 aliphatic rings. The molecule has 16 heavy (non-hydrogen) atoms. The zero-order valence-corrected chi connectivity index (χ0v) is 9.43. The number of carbonyl (C=O) groups excluding carboxylic acids is 1. The van der Waals surface area contributed by atoms with E-state index < -0.39 is 0 Å². The maximum Gasteiger partial charge on any atom is 0.257 e. The van der Waals surface area contributed by atoms with E-state index in [0.717, 1.165) is 13.1 Å². The van der Waals surface area contributed by atoms with Crippen LogP contribution in [0.2, 0.25) is 0 Å². The lowest BCUT2D eigenvalue weighted by Crippen LogP contribution is -2.57. The van der Waals surface area contributed by atoms with Crippen molar-refractivity contribution in [1.82, 2.24) is 15.2 Å². The Balaban J connectivity index is 2.19. The molecule has 5 nitrogen and oxygen atoms in total. The molecule has 0 unspecified atom stereocenters. The van der Waals surface area contributed by atoms with Gasteiger partial charge >= 0.3 is 0 Å². The molecule has 0 aromatic carbocycles. The molecule has 1 aromatic rings. The molecule has 1 amide bonds. The van der Waals surface area contributed by atoms with Crippen molar-refractivity contribution in [3.63, 3.8) is 0 Å². The molecular weight excluding hydrogens is 206 g/mol. The van der Waals surface area contributed by atoms with Crippen molar-refractivity contribution in [3.8, 4) is 5.75 Å². The fraction of sp³-hybridized carbons (Fsp3) is 0.455. The lowest BCUT2D eigenvalue weighted by molar-refractivity contribution is 0.0677. The molecule has 86 valence electrons. The van der Waals surface area contributed by atoms with E-state index in [-0.39, 0.29) is 11.9 Å². The van der Waals surface area contributed by atoms with Crippen LogP contribution in [0.15, 0.2) is 18.5 Å². The number of hydrogen-bond donors (Lipinski definition) is 1. The summed E-state index contributed by atoms with van der Waals surface area (Å²) in [6.45, 7) is 1.71. The van der Waals surface area contributed by atoms with Crippen molar-refractivity contribution in [2.24, 2.45) is 0 Å². The van der Waals surface area contributed by atoms with Crippen molar-refractivity contribution in [2.75, 3.05) is 27.2 Å². The van der Waals surface area contributed by atoms with Gasteiger partial charge in [-0.2, -0.15) is 0 Å². The average molecular weight is 221 g/mol. The number of carbonyl (C=O) groups is 1. The Morgan fingerprint density at radius 3 is 2.94 bits per heavy atom. The summed E-state index contributed by atoms with van der Waals surface area (Å²) in [6.07, 6.45) is 3.16. The lowest BCUT2D eigenvalue weighted by Gasteiger charge is -2.35. The third kappa shape index (κ3) is 1.86. The molecule has 0 saturated carbocycles. The van der Waals surface area contributed by atoms with E-state index in [2.05, 4.69) is 10.3 Å². The maximum absolute atomic E-state index is 12.1. The Morgan fingerprint density at radius 1 is 1.62 bits per heavy atom. The zero-order chi connectivity index (χ0) is 11.5. The molecule has 1 fully saturated rings. The number of likely N-dealkylation sites (N-methyl/N-ethyl adjacent to an activating group) is 1. The van der Waals surface area contributed by atoms with E-state index in [4.69, 9.17) is 4.74 Å². The second kappa shape index (κ2) is 4.49. The number of pyridine rings is 1. The summed E-state index contributed by atoms with van der Waals surface area (Å²) in [5.74, 6) is 0.498. The van der Waals surface area contributed by atoms with Crippen LogP contribution >= 0.6 is 0 Å². The highest BCUT2D eigenvalue weighted by Gasteiger charge is 2.27. The molecule has 5 heteroatoms. The van der Waals surface area contributed by atoms with E-state index in [1.54, 1.807) is 30.5 Å². The van der Waals surface area contributed by atoms with Crippen LogP contribution < -0.4 is 10.1 Å². The van der Waals surface area contributed by atoms with E-state index >= 15 is 0 Å². The first kappa shape index (κ1) is 10.9. The topological polar surface area (TPSA) is 54.5 Å². The largest absolute Gasteiger partial charge is 0.494 e. The molecular formula is C11H15N3O2. The van der Waals surface area contributed by atoms with Crippen LogP contribution in [0, 0.1) is 0 Å².